The Morgan fingerprint density at radius 2 is 1.95 bits per heavy atom. The number of hydrogen-bond donors (Lipinski definition) is 0. The minimum atomic E-state index is -0.108. The van der Waals surface area contributed by atoms with Crippen LogP contribution in [0.5, 0.6) is 5.75 Å². The second-order valence-electron chi connectivity index (χ2n) is 5.33. The Balaban J connectivity index is 1.95. The number of carbonyl (C=O) groups is 1. The first kappa shape index (κ1) is 14.9. The molecule has 3 nitrogen and oxygen atoms in total. The highest BCUT2D eigenvalue weighted by molar-refractivity contribution is 5.79. The smallest absolute Gasteiger partial charge is 0.313 e. The molecular formula is C17H24O3. The molecule has 1 aromatic rings. The van der Waals surface area contributed by atoms with Crippen molar-refractivity contribution < 1.29 is 14.3 Å². The van der Waals surface area contributed by atoms with E-state index >= 15 is 0 Å². The summed E-state index contributed by atoms with van der Waals surface area (Å²) in [5.41, 5.74) is 1.03. The third-order valence-electron chi connectivity index (χ3n) is 3.82. The molecule has 0 bridgehead atoms. The molecule has 0 spiro atoms. The van der Waals surface area contributed by atoms with Crippen LogP contribution in [0.1, 0.15) is 57.4 Å². The Morgan fingerprint density at radius 3 is 2.55 bits per heavy atom. The van der Waals surface area contributed by atoms with E-state index < -0.39 is 0 Å². The maximum atomic E-state index is 12.1. The van der Waals surface area contributed by atoms with Gasteiger partial charge in [0, 0.05) is 0 Å². The Bertz CT molecular complexity index is 424. The third kappa shape index (κ3) is 3.75. The van der Waals surface area contributed by atoms with Gasteiger partial charge in [0.05, 0.1) is 12.5 Å². The zero-order valence-electron chi connectivity index (χ0n) is 12.4. The summed E-state index contributed by atoms with van der Waals surface area (Å²) in [6, 6.07) is 7.80. The number of cyclic esters (lactones) is 1. The Kier molecular flexibility index (Phi) is 5.45. The van der Waals surface area contributed by atoms with E-state index in [0.717, 1.165) is 43.4 Å². The molecule has 2 rings (SSSR count). The predicted octanol–water partition coefficient (Wildman–Crippen LogP) is 4.06. The van der Waals surface area contributed by atoms with Crippen LogP contribution in [0.15, 0.2) is 24.3 Å². The highest BCUT2D eigenvalue weighted by Crippen LogP contribution is 2.31. The van der Waals surface area contributed by atoms with Crippen molar-refractivity contribution in [3.8, 4) is 5.75 Å². The monoisotopic (exact) mass is 276 g/mol. The molecule has 0 aliphatic carbocycles. The number of carbonyl (C=O) groups excluding carboxylic acids is 1. The Labute approximate surface area is 121 Å². The summed E-state index contributed by atoms with van der Waals surface area (Å²) in [4.78, 5) is 12.1. The second-order valence-corrected chi connectivity index (χ2v) is 5.33. The quantitative estimate of drug-likeness (QED) is 0.735. The SMILES string of the molecule is CCCCC1CCC(c2ccc(OCC)cc2)C(=O)O1. The largest absolute Gasteiger partial charge is 0.494 e. The normalized spacial score (nSPS) is 22.4. The van der Waals surface area contributed by atoms with E-state index in [1.54, 1.807) is 0 Å². The van der Waals surface area contributed by atoms with Crippen molar-refractivity contribution in [3.05, 3.63) is 29.8 Å². The first-order chi connectivity index (χ1) is 9.74. The van der Waals surface area contributed by atoms with E-state index in [0.29, 0.717) is 6.61 Å². The lowest BCUT2D eigenvalue weighted by molar-refractivity contribution is -0.156. The summed E-state index contributed by atoms with van der Waals surface area (Å²) in [5.74, 6) is 0.673. The van der Waals surface area contributed by atoms with Gasteiger partial charge in [0.1, 0.15) is 11.9 Å². The number of benzene rings is 1. The van der Waals surface area contributed by atoms with E-state index in [-0.39, 0.29) is 18.0 Å². The van der Waals surface area contributed by atoms with Gasteiger partial charge >= 0.3 is 5.97 Å². The van der Waals surface area contributed by atoms with Crippen molar-refractivity contribution in [2.45, 2.75) is 58.0 Å². The fourth-order valence-corrected chi connectivity index (χ4v) is 2.68. The van der Waals surface area contributed by atoms with Gasteiger partial charge in [-0.05, 0) is 43.9 Å². The molecule has 1 saturated heterocycles. The molecule has 1 fully saturated rings. The van der Waals surface area contributed by atoms with E-state index in [1.165, 1.54) is 0 Å². The van der Waals surface area contributed by atoms with Crippen molar-refractivity contribution in [1.29, 1.82) is 0 Å². The predicted molar refractivity (Wildman–Crippen MR) is 79.0 cm³/mol. The van der Waals surface area contributed by atoms with Crippen molar-refractivity contribution in [1.82, 2.24) is 0 Å². The zero-order valence-corrected chi connectivity index (χ0v) is 12.4. The molecule has 1 aliphatic heterocycles. The van der Waals surface area contributed by atoms with Gasteiger partial charge in [-0.2, -0.15) is 0 Å². The van der Waals surface area contributed by atoms with Gasteiger partial charge in [0.25, 0.3) is 0 Å². The zero-order chi connectivity index (χ0) is 14.4. The number of unbranched alkanes of at least 4 members (excludes halogenated alkanes) is 1. The molecule has 0 N–H and O–H groups in total. The lowest BCUT2D eigenvalue weighted by atomic mass is 9.89. The van der Waals surface area contributed by atoms with Crippen LogP contribution in [0.25, 0.3) is 0 Å². The molecule has 2 atom stereocenters. The molecule has 0 saturated carbocycles. The van der Waals surface area contributed by atoms with Gasteiger partial charge in [0.2, 0.25) is 0 Å². The lowest BCUT2D eigenvalue weighted by Crippen LogP contribution is -2.29. The molecule has 1 aliphatic rings. The summed E-state index contributed by atoms with van der Waals surface area (Å²) < 4.78 is 11.0. The standard InChI is InChI=1S/C17H24O3/c1-3-5-6-15-11-12-16(17(18)20-15)13-7-9-14(10-8-13)19-4-2/h7-10,15-16H,3-6,11-12H2,1-2H3. The van der Waals surface area contributed by atoms with E-state index in [1.807, 2.05) is 31.2 Å². The fourth-order valence-electron chi connectivity index (χ4n) is 2.68. The van der Waals surface area contributed by atoms with Gasteiger partial charge in [0.15, 0.2) is 0 Å². The first-order valence-electron chi connectivity index (χ1n) is 7.67. The molecule has 0 aromatic heterocycles. The van der Waals surface area contributed by atoms with Gasteiger partial charge in [-0.3, -0.25) is 4.79 Å². The number of hydrogen-bond acceptors (Lipinski definition) is 3. The van der Waals surface area contributed by atoms with Gasteiger partial charge < -0.3 is 9.47 Å². The van der Waals surface area contributed by atoms with E-state index in [4.69, 9.17) is 9.47 Å². The Morgan fingerprint density at radius 1 is 1.20 bits per heavy atom. The third-order valence-corrected chi connectivity index (χ3v) is 3.82. The summed E-state index contributed by atoms with van der Waals surface area (Å²) in [6.45, 7) is 4.78. The van der Waals surface area contributed by atoms with Crippen LogP contribution in [0.4, 0.5) is 0 Å². The van der Waals surface area contributed by atoms with Crippen LogP contribution in [-0.2, 0) is 9.53 Å². The fraction of sp³-hybridized carbons (Fsp3) is 0.588. The van der Waals surface area contributed by atoms with Gasteiger partial charge in [-0.1, -0.05) is 31.9 Å². The van der Waals surface area contributed by atoms with Crippen molar-refractivity contribution in [2.75, 3.05) is 6.61 Å². The molecule has 1 heterocycles. The molecule has 20 heavy (non-hydrogen) atoms. The maximum Gasteiger partial charge on any atom is 0.313 e. The summed E-state index contributed by atoms with van der Waals surface area (Å²) >= 11 is 0. The van der Waals surface area contributed by atoms with Crippen LogP contribution < -0.4 is 4.74 Å². The maximum absolute atomic E-state index is 12.1. The van der Waals surface area contributed by atoms with Crippen LogP contribution >= 0.6 is 0 Å². The average molecular weight is 276 g/mol. The molecule has 0 radical (unpaired) electrons. The van der Waals surface area contributed by atoms with E-state index in [9.17, 15) is 4.79 Å². The van der Waals surface area contributed by atoms with Crippen molar-refractivity contribution >= 4 is 5.97 Å². The summed E-state index contributed by atoms with van der Waals surface area (Å²) in [5, 5.41) is 0. The summed E-state index contributed by atoms with van der Waals surface area (Å²) in [6.07, 6.45) is 5.27. The lowest BCUT2D eigenvalue weighted by Gasteiger charge is -2.28. The van der Waals surface area contributed by atoms with Crippen LogP contribution in [0.3, 0.4) is 0 Å². The topological polar surface area (TPSA) is 35.5 Å². The van der Waals surface area contributed by atoms with Gasteiger partial charge in [-0.25, -0.2) is 0 Å². The van der Waals surface area contributed by atoms with Crippen LogP contribution in [0.2, 0.25) is 0 Å². The number of rotatable bonds is 6. The van der Waals surface area contributed by atoms with Crippen molar-refractivity contribution in [3.63, 3.8) is 0 Å². The highest BCUT2D eigenvalue weighted by Gasteiger charge is 2.30. The first-order valence-corrected chi connectivity index (χ1v) is 7.67. The van der Waals surface area contributed by atoms with Crippen LogP contribution in [-0.4, -0.2) is 18.7 Å². The minimum Gasteiger partial charge on any atom is -0.494 e. The molecule has 110 valence electrons. The average Bonchev–Trinajstić information content (AvgIpc) is 2.47. The Hall–Kier alpha value is -1.51. The second kappa shape index (κ2) is 7.32. The summed E-state index contributed by atoms with van der Waals surface area (Å²) in [7, 11) is 0. The molecular weight excluding hydrogens is 252 g/mol. The molecule has 2 unspecified atom stereocenters. The molecule has 1 aromatic carbocycles. The van der Waals surface area contributed by atoms with Crippen LogP contribution in [0, 0.1) is 0 Å². The minimum absolute atomic E-state index is 0.0680. The molecule has 0 amide bonds. The highest BCUT2D eigenvalue weighted by atomic mass is 16.5. The number of ether oxygens (including phenoxy) is 2. The number of esters is 1. The van der Waals surface area contributed by atoms with Gasteiger partial charge in [-0.15, -0.1) is 0 Å². The molecule has 3 heteroatoms. The van der Waals surface area contributed by atoms with Crippen molar-refractivity contribution in [2.24, 2.45) is 0 Å². The van der Waals surface area contributed by atoms with E-state index in [2.05, 4.69) is 6.92 Å².